The average Bonchev–Trinajstić information content (AvgIpc) is 2.96. The first-order valence-corrected chi connectivity index (χ1v) is 14.6. The van der Waals surface area contributed by atoms with Crippen molar-refractivity contribution in [3.63, 3.8) is 0 Å². The first-order valence-electron chi connectivity index (χ1n) is 13.9. The van der Waals surface area contributed by atoms with Crippen molar-refractivity contribution in [3.8, 4) is 5.75 Å². The van der Waals surface area contributed by atoms with E-state index in [9.17, 15) is 27.9 Å². The minimum absolute atomic E-state index is 0.143. The van der Waals surface area contributed by atoms with E-state index >= 15 is 0 Å². The zero-order chi connectivity index (χ0) is 32.2. The van der Waals surface area contributed by atoms with E-state index in [1.54, 1.807) is 42.2 Å². The van der Waals surface area contributed by atoms with Crippen LogP contribution in [-0.2, 0) is 12.7 Å². The molecule has 0 radical (unpaired) electrons. The highest BCUT2D eigenvalue weighted by molar-refractivity contribution is 6.42. The molecule has 0 saturated heterocycles. The van der Waals surface area contributed by atoms with Crippen molar-refractivity contribution in [2.75, 3.05) is 37.4 Å². The molecule has 4 rings (SSSR count). The topological polar surface area (TPSA) is 94.1 Å². The number of halogens is 5. The van der Waals surface area contributed by atoms with Gasteiger partial charge in [0, 0.05) is 31.2 Å². The summed E-state index contributed by atoms with van der Waals surface area (Å²) in [7, 11) is 1.92. The summed E-state index contributed by atoms with van der Waals surface area (Å²) in [5.74, 6) is -0.413. The number of hydrogen-bond acceptors (Lipinski definition) is 5. The molecule has 0 fully saturated rings. The molecule has 3 aromatic rings. The van der Waals surface area contributed by atoms with Gasteiger partial charge in [-0.25, -0.2) is 4.79 Å². The Balaban J connectivity index is 1.60. The number of fused-ring (bicyclic) bond motifs is 1. The van der Waals surface area contributed by atoms with Crippen LogP contribution in [0.2, 0.25) is 10.0 Å². The van der Waals surface area contributed by atoms with E-state index in [1.165, 1.54) is 0 Å². The lowest BCUT2D eigenvalue weighted by atomic mass is 9.99. The number of para-hydroxylation sites is 1. The molecule has 3 amide bonds. The highest BCUT2D eigenvalue weighted by Gasteiger charge is 2.35. The molecule has 0 bridgehead atoms. The number of alkyl halides is 3. The Morgan fingerprint density at radius 1 is 1.11 bits per heavy atom. The maximum atomic E-state index is 13.7. The Labute approximate surface area is 263 Å². The third-order valence-electron chi connectivity index (χ3n) is 7.34. The van der Waals surface area contributed by atoms with Crippen molar-refractivity contribution < 1.29 is 32.6 Å². The van der Waals surface area contributed by atoms with Gasteiger partial charge in [0.25, 0.3) is 5.91 Å². The number of aliphatic hydroxyl groups excluding tert-OH is 1. The molecular formula is C31H33Cl2F3N4O4. The number of benzene rings is 3. The van der Waals surface area contributed by atoms with Gasteiger partial charge in [0.05, 0.1) is 39.5 Å². The summed E-state index contributed by atoms with van der Waals surface area (Å²) < 4.78 is 45.3. The number of carbonyl (C=O) groups excluding carboxylic acids is 2. The van der Waals surface area contributed by atoms with Crippen LogP contribution in [0.1, 0.15) is 35.3 Å². The number of carbonyl (C=O) groups is 2. The van der Waals surface area contributed by atoms with Crippen LogP contribution in [0.25, 0.3) is 0 Å². The van der Waals surface area contributed by atoms with E-state index in [0.29, 0.717) is 29.7 Å². The van der Waals surface area contributed by atoms with Gasteiger partial charge in [-0.15, -0.1) is 0 Å². The molecule has 44 heavy (non-hydrogen) atoms. The van der Waals surface area contributed by atoms with Crippen LogP contribution in [0, 0.1) is 5.92 Å². The van der Waals surface area contributed by atoms with Crippen LogP contribution in [0.15, 0.2) is 60.7 Å². The zero-order valence-electron chi connectivity index (χ0n) is 24.3. The lowest BCUT2D eigenvalue weighted by Gasteiger charge is -2.38. The fourth-order valence-electron chi connectivity index (χ4n) is 4.91. The summed E-state index contributed by atoms with van der Waals surface area (Å²) in [4.78, 5) is 30.2. The number of urea groups is 1. The minimum atomic E-state index is -4.50. The van der Waals surface area contributed by atoms with E-state index in [0.717, 1.165) is 29.8 Å². The number of anilines is 2. The quantitative estimate of drug-likeness (QED) is 0.243. The molecule has 1 aliphatic heterocycles. The molecule has 3 N–H and O–H groups in total. The van der Waals surface area contributed by atoms with Crippen LogP contribution in [0.3, 0.4) is 0 Å². The third-order valence-corrected chi connectivity index (χ3v) is 8.08. The molecule has 3 atom stereocenters. The normalized spacial score (nSPS) is 17.8. The first kappa shape index (κ1) is 33.4. The summed E-state index contributed by atoms with van der Waals surface area (Å²) in [5, 5.41) is 16.0. The zero-order valence-corrected chi connectivity index (χ0v) is 25.8. The second-order valence-corrected chi connectivity index (χ2v) is 11.7. The van der Waals surface area contributed by atoms with E-state index in [-0.39, 0.29) is 41.1 Å². The van der Waals surface area contributed by atoms with Crippen molar-refractivity contribution in [2.24, 2.45) is 5.92 Å². The Morgan fingerprint density at radius 2 is 1.82 bits per heavy atom. The van der Waals surface area contributed by atoms with Crippen LogP contribution in [0.5, 0.6) is 5.75 Å². The number of hydrogen-bond donors (Lipinski definition) is 3. The molecule has 1 aliphatic rings. The van der Waals surface area contributed by atoms with Crippen molar-refractivity contribution in [1.82, 2.24) is 9.80 Å². The lowest BCUT2D eigenvalue weighted by molar-refractivity contribution is -0.137. The van der Waals surface area contributed by atoms with Gasteiger partial charge < -0.3 is 25.4 Å². The lowest BCUT2D eigenvalue weighted by Crippen LogP contribution is -2.49. The van der Waals surface area contributed by atoms with Gasteiger partial charge in [0.2, 0.25) is 0 Å². The first-order chi connectivity index (χ1) is 20.8. The molecule has 0 unspecified atom stereocenters. The van der Waals surface area contributed by atoms with Crippen molar-refractivity contribution in [1.29, 1.82) is 0 Å². The van der Waals surface area contributed by atoms with Gasteiger partial charge in [-0.2, -0.15) is 13.2 Å². The summed E-state index contributed by atoms with van der Waals surface area (Å²) in [6.07, 6.45) is -4.96. The van der Waals surface area contributed by atoms with Crippen LogP contribution >= 0.6 is 23.2 Å². The van der Waals surface area contributed by atoms with Crippen molar-refractivity contribution >= 4 is 46.5 Å². The van der Waals surface area contributed by atoms with Crippen molar-refractivity contribution in [2.45, 2.75) is 38.7 Å². The summed E-state index contributed by atoms with van der Waals surface area (Å²) in [5.41, 5.74) is 0.633. The fraction of sp³-hybridized carbons (Fsp3) is 0.355. The van der Waals surface area contributed by atoms with Crippen LogP contribution < -0.4 is 15.4 Å². The average molecular weight is 654 g/mol. The number of amides is 3. The molecule has 13 heteroatoms. The molecule has 236 valence electrons. The highest BCUT2D eigenvalue weighted by atomic mass is 35.5. The number of nitrogens with one attached hydrogen (secondary N) is 2. The van der Waals surface area contributed by atoms with Gasteiger partial charge in [-0.3, -0.25) is 9.69 Å². The van der Waals surface area contributed by atoms with Gasteiger partial charge in [-0.05, 0) is 68.1 Å². The number of ether oxygens (including phenoxy) is 1. The highest BCUT2D eigenvalue weighted by Crippen LogP contribution is 2.35. The summed E-state index contributed by atoms with van der Waals surface area (Å²) in [6, 6.07) is 12.9. The minimum Gasteiger partial charge on any atom is -0.486 e. The molecule has 0 saturated carbocycles. The summed E-state index contributed by atoms with van der Waals surface area (Å²) >= 11 is 12.3. The predicted molar refractivity (Wildman–Crippen MR) is 164 cm³/mol. The van der Waals surface area contributed by atoms with Gasteiger partial charge in [0.15, 0.2) is 5.75 Å². The summed E-state index contributed by atoms with van der Waals surface area (Å²) in [6.45, 7) is 4.73. The molecule has 0 aliphatic carbocycles. The van der Waals surface area contributed by atoms with E-state index < -0.39 is 29.9 Å². The van der Waals surface area contributed by atoms with E-state index in [2.05, 4.69) is 10.6 Å². The second kappa shape index (κ2) is 14.1. The van der Waals surface area contributed by atoms with Crippen LogP contribution in [-0.4, -0.2) is 65.7 Å². The largest absolute Gasteiger partial charge is 0.486 e. The van der Waals surface area contributed by atoms with Crippen LogP contribution in [0.4, 0.5) is 29.3 Å². The number of rotatable bonds is 8. The fourth-order valence-corrected chi connectivity index (χ4v) is 5.23. The maximum Gasteiger partial charge on any atom is 0.416 e. The van der Waals surface area contributed by atoms with E-state index in [1.807, 2.05) is 24.9 Å². The molecule has 8 nitrogen and oxygen atoms in total. The van der Waals surface area contributed by atoms with Gasteiger partial charge in [-0.1, -0.05) is 42.3 Å². The molecule has 1 heterocycles. The van der Waals surface area contributed by atoms with E-state index in [4.69, 9.17) is 27.9 Å². The Bertz CT molecular complexity index is 1490. The maximum absolute atomic E-state index is 13.7. The van der Waals surface area contributed by atoms with Crippen molar-refractivity contribution in [3.05, 3.63) is 87.4 Å². The second-order valence-electron chi connectivity index (χ2n) is 10.9. The molecule has 0 aromatic heterocycles. The smallest absolute Gasteiger partial charge is 0.416 e. The third kappa shape index (κ3) is 8.15. The predicted octanol–water partition coefficient (Wildman–Crippen LogP) is 7.01. The van der Waals surface area contributed by atoms with Gasteiger partial charge >= 0.3 is 12.2 Å². The number of nitrogens with zero attached hydrogens (tertiary/aromatic N) is 2. The Hall–Kier alpha value is -3.51. The Morgan fingerprint density at radius 3 is 2.45 bits per heavy atom. The standard InChI is InChI=1S/C31H33Cl2F3N4O4/c1-18-14-40(19(2)17-41)29(42)23-5-4-6-26(38-30(43)37-22-10-8-21(9-11-22)31(34,35)36)28(23)44-27(18)16-39(3)15-20-7-12-24(32)25(33)13-20/h4-13,18-19,27,41H,14-17H2,1-3H3,(H2,37,38,43)/t18-,19-,27-/m0/s1. The molecular weight excluding hydrogens is 620 g/mol. The molecule has 3 aromatic carbocycles. The van der Waals surface area contributed by atoms with Gasteiger partial charge in [0.1, 0.15) is 6.10 Å². The monoisotopic (exact) mass is 652 g/mol. The molecule has 0 spiro atoms. The SMILES string of the molecule is C[C@H]1CN([C@@H](C)CO)C(=O)c2cccc(NC(=O)Nc3ccc(C(F)(F)F)cc3)c2O[C@H]1CN(C)Cc1ccc(Cl)c(Cl)c1. The number of aliphatic hydroxyl groups is 1. The Kier molecular flexibility index (Phi) is 10.7. The number of likely N-dealkylation sites (N-methyl/N-ethyl adjacent to an activating group) is 1.